The minimum atomic E-state index is 0.137. The second-order valence-corrected chi connectivity index (χ2v) is 5.87. The first-order chi connectivity index (χ1) is 9.61. The van der Waals surface area contributed by atoms with E-state index in [0.717, 1.165) is 24.2 Å². The van der Waals surface area contributed by atoms with Gasteiger partial charge in [0.25, 0.3) is 0 Å². The van der Waals surface area contributed by atoms with Crippen LogP contribution in [-0.4, -0.2) is 31.0 Å². The van der Waals surface area contributed by atoms with E-state index in [1.54, 1.807) is 13.2 Å². The van der Waals surface area contributed by atoms with E-state index in [9.17, 15) is 4.79 Å². The Kier molecular flexibility index (Phi) is 5.30. The third kappa shape index (κ3) is 3.66. The van der Waals surface area contributed by atoms with Crippen LogP contribution in [0.5, 0.6) is 5.75 Å². The molecule has 1 fully saturated rings. The van der Waals surface area contributed by atoms with Crippen LogP contribution in [0.3, 0.4) is 0 Å². The average Bonchev–Trinajstić information content (AvgIpc) is 2.47. The van der Waals surface area contributed by atoms with E-state index in [-0.39, 0.29) is 5.91 Å². The van der Waals surface area contributed by atoms with Gasteiger partial charge in [0.2, 0.25) is 5.91 Å². The van der Waals surface area contributed by atoms with E-state index in [4.69, 9.17) is 16.3 Å². The number of rotatable bonds is 4. The molecule has 1 aliphatic rings. The molecule has 1 aromatic carbocycles. The maximum atomic E-state index is 12.4. The van der Waals surface area contributed by atoms with Crippen LogP contribution >= 0.6 is 11.6 Å². The fraction of sp³-hybridized carbons (Fsp3) is 0.562. The number of halogens is 1. The minimum absolute atomic E-state index is 0.137. The molecule has 0 N–H and O–H groups in total. The van der Waals surface area contributed by atoms with Gasteiger partial charge in [-0.1, -0.05) is 30.9 Å². The lowest BCUT2D eigenvalue weighted by atomic mass is 9.94. The van der Waals surface area contributed by atoms with Crippen molar-refractivity contribution in [2.75, 3.05) is 14.2 Å². The number of likely N-dealkylation sites (N-methyl/N-ethyl adjacent to an activating group) is 1. The molecular weight excluding hydrogens is 274 g/mol. The predicted octanol–water partition coefficient (Wildman–Crippen LogP) is 3.68. The molecular formula is C16H22ClNO2. The molecule has 2 rings (SSSR count). The van der Waals surface area contributed by atoms with Gasteiger partial charge in [-0.15, -0.1) is 0 Å². The summed E-state index contributed by atoms with van der Waals surface area (Å²) in [5, 5.41) is 0.633. The maximum Gasteiger partial charge on any atom is 0.227 e. The van der Waals surface area contributed by atoms with Crippen LogP contribution in [0.15, 0.2) is 18.2 Å². The number of ether oxygens (including phenoxy) is 1. The summed E-state index contributed by atoms with van der Waals surface area (Å²) >= 11 is 6.01. The minimum Gasteiger partial charge on any atom is -0.496 e. The molecule has 1 saturated carbocycles. The van der Waals surface area contributed by atoms with Gasteiger partial charge < -0.3 is 9.64 Å². The molecule has 1 aromatic rings. The van der Waals surface area contributed by atoms with Gasteiger partial charge in [-0.25, -0.2) is 0 Å². The molecule has 0 unspecified atom stereocenters. The lowest BCUT2D eigenvalue weighted by Crippen LogP contribution is -2.39. The van der Waals surface area contributed by atoms with Crippen LogP contribution in [0.4, 0.5) is 0 Å². The maximum absolute atomic E-state index is 12.4. The fourth-order valence-electron chi connectivity index (χ4n) is 2.84. The molecule has 0 spiro atoms. The van der Waals surface area contributed by atoms with Crippen molar-refractivity contribution in [3.8, 4) is 5.75 Å². The number of carbonyl (C=O) groups excluding carboxylic acids is 1. The van der Waals surface area contributed by atoms with E-state index < -0.39 is 0 Å². The summed E-state index contributed by atoms with van der Waals surface area (Å²) in [4.78, 5) is 14.3. The van der Waals surface area contributed by atoms with Gasteiger partial charge in [-0.3, -0.25) is 4.79 Å². The molecule has 4 heteroatoms. The molecule has 1 aliphatic carbocycles. The molecule has 20 heavy (non-hydrogen) atoms. The Balaban J connectivity index is 2.05. The van der Waals surface area contributed by atoms with Gasteiger partial charge in [0.1, 0.15) is 5.75 Å². The Hall–Kier alpha value is -1.22. The topological polar surface area (TPSA) is 29.5 Å². The van der Waals surface area contributed by atoms with Gasteiger partial charge in [0, 0.05) is 23.7 Å². The standard InChI is InChI=1S/C16H22ClNO2/c1-18(14-6-4-3-5-7-14)16(19)11-12-10-13(17)8-9-15(12)20-2/h8-10,14H,3-7,11H2,1-2H3. The molecule has 0 atom stereocenters. The third-order valence-electron chi connectivity index (χ3n) is 4.10. The van der Waals surface area contributed by atoms with E-state index in [1.807, 2.05) is 24.1 Å². The van der Waals surface area contributed by atoms with Crippen LogP contribution in [0.1, 0.15) is 37.7 Å². The molecule has 0 aliphatic heterocycles. The van der Waals surface area contributed by atoms with E-state index in [0.29, 0.717) is 17.5 Å². The molecule has 0 aromatic heterocycles. The van der Waals surface area contributed by atoms with Gasteiger partial charge in [-0.2, -0.15) is 0 Å². The van der Waals surface area contributed by atoms with Gasteiger partial charge >= 0.3 is 0 Å². The number of methoxy groups -OCH3 is 1. The first-order valence-corrected chi connectivity index (χ1v) is 7.57. The van der Waals surface area contributed by atoms with Crippen molar-refractivity contribution in [1.82, 2.24) is 4.90 Å². The van der Waals surface area contributed by atoms with Crippen LogP contribution < -0.4 is 4.74 Å². The largest absolute Gasteiger partial charge is 0.496 e. The molecule has 3 nitrogen and oxygen atoms in total. The Labute approximate surface area is 125 Å². The molecule has 0 saturated heterocycles. The smallest absolute Gasteiger partial charge is 0.227 e. The molecule has 1 amide bonds. The van der Waals surface area contributed by atoms with Gasteiger partial charge in [-0.05, 0) is 31.0 Å². The highest BCUT2D eigenvalue weighted by molar-refractivity contribution is 6.30. The number of amides is 1. The van der Waals surface area contributed by atoms with E-state index in [2.05, 4.69) is 0 Å². The number of benzene rings is 1. The van der Waals surface area contributed by atoms with Gasteiger partial charge in [0.15, 0.2) is 0 Å². The summed E-state index contributed by atoms with van der Waals surface area (Å²) in [7, 11) is 3.53. The summed E-state index contributed by atoms with van der Waals surface area (Å²) in [6.45, 7) is 0. The second kappa shape index (κ2) is 6.98. The quantitative estimate of drug-likeness (QED) is 0.848. The van der Waals surface area contributed by atoms with Crippen molar-refractivity contribution in [2.45, 2.75) is 44.6 Å². The highest BCUT2D eigenvalue weighted by Crippen LogP contribution is 2.25. The van der Waals surface area contributed by atoms with Gasteiger partial charge in [0.05, 0.1) is 13.5 Å². The number of carbonyl (C=O) groups is 1. The SMILES string of the molecule is COc1ccc(Cl)cc1CC(=O)N(C)C1CCCCC1. The number of nitrogens with zero attached hydrogens (tertiary/aromatic N) is 1. The Morgan fingerprint density at radius 3 is 2.70 bits per heavy atom. The van der Waals surface area contributed by atoms with Crippen molar-refractivity contribution < 1.29 is 9.53 Å². The van der Waals surface area contributed by atoms with E-state index >= 15 is 0 Å². The van der Waals surface area contributed by atoms with Crippen molar-refractivity contribution in [3.05, 3.63) is 28.8 Å². The zero-order valence-electron chi connectivity index (χ0n) is 12.2. The molecule has 0 heterocycles. The van der Waals surface area contributed by atoms with E-state index in [1.165, 1.54) is 19.3 Å². The Bertz CT molecular complexity index is 470. The average molecular weight is 296 g/mol. The lowest BCUT2D eigenvalue weighted by molar-refractivity contribution is -0.131. The zero-order valence-corrected chi connectivity index (χ0v) is 12.9. The van der Waals surface area contributed by atoms with Crippen LogP contribution in [0.25, 0.3) is 0 Å². The predicted molar refractivity (Wildman–Crippen MR) is 81.4 cm³/mol. The van der Waals surface area contributed by atoms with Crippen molar-refractivity contribution in [3.63, 3.8) is 0 Å². The highest BCUT2D eigenvalue weighted by Gasteiger charge is 2.22. The number of hydrogen-bond acceptors (Lipinski definition) is 2. The summed E-state index contributed by atoms with van der Waals surface area (Å²) in [5.74, 6) is 0.859. The van der Waals surface area contributed by atoms with Crippen molar-refractivity contribution in [2.24, 2.45) is 0 Å². The van der Waals surface area contributed by atoms with Crippen LogP contribution in [0, 0.1) is 0 Å². The van der Waals surface area contributed by atoms with Crippen LogP contribution in [-0.2, 0) is 11.2 Å². The molecule has 110 valence electrons. The third-order valence-corrected chi connectivity index (χ3v) is 4.34. The van der Waals surface area contributed by atoms with Crippen molar-refractivity contribution >= 4 is 17.5 Å². The Morgan fingerprint density at radius 2 is 2.05 bits per heavy atom. The summed E-state index contributed by atoms with van der Waals surface area (Å²) in [5.41, 5.74) is 0.854. The highest BCUT2D eigenvalue weighted by atomic mass is 35.5. The fourth-order valence-corrected chi connectivity index (χ4v) is 3.04. The monoisotopic (exact) mass is 295 g/mol. The lowest BCUT2D eigenvalue weighted by Gasteiger charge is -2.31. The first kappa shape index (κ1) is 15.2. The molecule has 0 radical (unpaired) electrons. The summed E-state index contributed by atoms with van der Waals surface area (Å²) in [6, 6.07) is 5.79. The summed E-state index contributed by atoms with van der Waals surface area (Å²) < 4.78 is 5.30. The normalized spacial score (nSPS) is 15.9. The molecule has 0 bridgehead atoms. The summed E-state index contributed by atoms with van der Waals surface area (Å²) in [6.07, 6.45) is 6.33. The second-order valence-electron chi connectivity index (χ2n) is 5.43. The Morgan fingerprint density at radius 1 is 1.35 bits per heavy atom. The van der Waals surface area contributed by atoms with Crippen molar-refractivity contribution in [1.29, 1.82) is 0 Å². The zero-order chi connectivity index (χ0) is 14.5. The van der Waals surface area contributed by atoms with Crippen LogP contribution in [0.2, 0.25) is 5.02 Å². The number of hydrogen-bond donors (Lipinski definition) is 0. The first-order valence-electron chi connectivity index (χ1n) is 7.20.